The third kappa shape index (κ3) is 4.40. The molecule has 0 N–H and O–H groups in total. The topological polar surface area (TPSA) is 46.6 Å². The number of aryl methyl sites for hydroxylation is 2. The van der Waals surface area contributed by atoms with Gasteiger partial charge >= 0.3 is 5.97 Å². The second kappa shape index (κ2) is 7.70. The van der Waals surface area contributed by atoms with Gasteiger partial charge in [0.15, 0.2) is 6.61 Å². The number of hydrogen-bond acceptors (Lipinski definition) is 3. The molecule has 25 heavy (non-hydrogen) atoms. The van der Waals surface area contributed by atoms with E-state index < -0.39 is 5.97 Å². The summed E-state index contributed by atoms with van der Waals surface area (Å²) in [6.45, 7) is 0.173. The van der Waals surface area contributed by atoms with E-state index in [-0.39, 0.29) is 12.5 Å². The molecule has 3 rings (SSSR count). The lowest BCUT2D eigenvalue weighted by Crippen LogP contribution is -2.30. The first-order chi connectivity index (χ1) is 12.0. The Kier molecular flexibility index (Phi) is 5.39. The van der Waals surface area contributed by atoms with Crippen molar-refractivity contribution < 1.29 is 14.3 Å². The van der Waals surface area contributed by atoms with Gasteiger partial charge in [-0.15, -0.1) is 0 Å². The van der Waals surface area contributed by atoms with Crippen LogP contribution in [0, 0.1) is 0 Å². The predicted molar refractivity (Wildman–Crippen MR) is 96.7 cm³/mol. The lowest BCUT2D eigenvalue weighted by Gasteiger charge is -2.17. The number of esters is 1. The first-order valence-electron chi connectivity index (χ1n) is 8.30. The summed E-state index contributed by atoms with van der Waals surface area (Å²) in [6.07, 6.45) is 3.19. The Morgan fingerprint density at radius 2 is 1.80 bits per heavy atom. The van der Waals surface area contributed by atoms with E-state index in [2.05, 4.69) is 0 Å². The van der Waals surface area contributed by atoms with E-state index in [0.717, 1.165) is 24.8 Å². The van der Waals surface area contributed by atoms with Gasteiger partial charge in [0, 0.05) is 18.6 Å². The molecule has 0 fully saturated rings. The maximum absolute atomic E-state index is 12.2. The normalized spacial score (nSPS) is 12.6. The molecule has 2 aromatic carbocycles. The summed E-state index contributed by atoms with van der Waals surface area (Å²) in [5.74, 6) is -0.701. The maximum Gasteiger partial charge on any atom is 0.338 e. The molecule has 4 nitrogen and oxygen atoms in total. The summed E-state index contributed by atoms with van der Waals surface area (Å²) >= 11 is 5.85. The highest BCUT2D eigenvalue weighted by Gasteiger charge is 2.17. The van der Waals surface area contributed by atoms with Crippen LogP contribution in [0.5, 0.6) is 0 Å². The fourth-order valence-corrected chi connectivity index (χ4v) is 3.10. The molecule has 0 aromatic heterocycles. The van der Waals surface area contributed by atoms with Crippen LogP contribution in [0.25, 0.3) is 0 Å². The number of likely N-dealkylation sites (N-methyl/N-ethyl adjacent to an activating group) is 1. The summed E-state index contributed by atoms with van der Waals surface area (Å²) in [5.41, 5.74) is 3.98. The van der Waals surface area contributed by atoms with E-state index in [0.29, 0.717) is 17.1 Å². The number of hydrogen-bond donors (Lipinski definition) is 0. The Hall–Kier alpha value is -2.33. The molecule has 0 aliphatic heterocycles. The van der Waals surface area contributed by atoms with E-state index in [1.807, 2.05) is 24.3 Å². The van der Waals surface area contributed by atoms with Gasteiger partial charge in [0.2, 0.25) is 0 Å². The Balaban J connectivity index is 1.52. The highest BCUT2D eigenvalue weighted by molar-refractivity contribution is 6.30. The van der Waals surface area contributed by atoms with E-state index in [4.69, 9.17) is 16.3 Å². The van der Waals surface area contributed by atoms with Crippen LogP contribution in [0.2, 0.25) is 5.02 Å². The van der Waals surface area contributed by atoms with E-state index in [1.54, 1.807) is 25.2 Å². The number of amides is 1. The van der Waals surface area contributed by atoms with Crippen molar-refractivity contribution in [2.45, 2.75) is 25.8 Å². The average Bonchev–Trinajstić information content (AvgIpc) is 3.08. The molecular formula is C20H20ClNO3. The van der Waals surface area contributed by atoms with E-state index >= 15 is 0 Å². The lowest BCUT2D eigenvalue weighted by molar-refractivity contribution is -0.133. The van der Waals surface area contributed by atoms with Gasteiger partial charge in [-0.05, 0) is 60.2 Å². The van der Waals surface area contributed by atoms with Gasteiger partial charge in [-0.25, -0.2) is 4.79 Å². The van der Waals surface area contributed by atoms with Crippen LogP contribution in [0.15, 0.2) is 42.5 Å². The Labute approximate surface area is 152 Å². The first-order valence-corrected chi connectivity index (χ1v) is 8.68. The monoisotopic (exact) mass is 357 g/mol. The number of rotatable bonds is 5. The Bertz CT molecular complexity index is 786. The van der Waals surface area contributed by atoms with Crippen molar-refractivity contribution >= 4 is 23.5 Å². The van der Waals surface area contributed by atoms with Gasteiger partial charge < -0.3 is 9.64 Å². The number of benzene rings is 2. The molecule has 1 amide bonds. The largest absolute Gasteiger partial charge is 0.452 e. The third-order valence-electron chi connectivity index (χ3n) is 4.42. The molecule has 5 heteroatoms. The molecule has 0 unspecified atom stereocenters. The smallest absolute Gasteiger partial charge is 0.338 e. The number of ether oxygens (including phenoxy) is 1. The predicted octanol–water partition coefficient (Wildman–Crippen LogP) is 3.64. The number of carbonyl (C=O) groups excluding carboxylic acids is 2. The molecule has 1 aliphatic rings. The van der Waals surface area contributed by atoms with Crippen molar-refractivity contribution in [2.24, 2.45) is 0 Å². The Morgan fingerprint density at radius 1 is 1.08 bits per heavy atom. The zero-order valence-corrected chi connectivity index (χ0v) is 14.9. The molecule has 0 saturated heterocycles. The van der Waals surface area contributed by atoms with Crippen LogP contribution in [-0.4, -0.2) is 30.4 Å². The van der Waals surface area contributed by atoms with Gasteiger partial charge in [-0.2, -0.15) is 0 Å². The minimum atomic E-state index is -0.456. The van der Waals surface area contributed by atoms with Crippen molar-refractivity contribution in [3.63, 3.8) is 0 Å². The number of carbonyl (C=O) groups is 2. The van der Waals surface area contributed by atoms with Gasteiger partial charge in [-0.3, -0.25) is 4.79 Å². The number of fused-ring (bicyclic) bond motifs is 1. The fraction of sp³-hybridized carbons (Fsp3) is 0.300. The number of nitrogens with zero attached hydrogens (tertiary/aromatic N) is 1. The van der Waals surface area contributed by atoms with Crippen molar-refractivity contribution in [3.8, 4) is 0 Å². The van der Waals surface area contributed by atoms with Crippen LogP contribution >= 0.6 is 11.6 Å². The van der Waals surface area contributed by atoms with Crippen molar-refractivity contribution in [1.82, 2.24) is 4.90 Å². The maximum atomic E-state index is 12.2. The first kappa shape index (κ1) is 17.5. The molecule has 0 bridgehead atoms. The van der Waals surface area contributed by atoms with Crippen LogP contribution in [-0.2, 0) is 28.9 Å². The van der Waals surface area contributed by atoms with Gasteiger partial charge in [0.05, 0.1) is 5.56 Å². The standard InChI is InChI=1S/C20H20ClNO3/c1-22(12-14-5-9-18(21)10-6-14)19(23)13-25-20(24)17-8-7-15-3-2-4-16(15)11-17/h5-11H,2-4,12-13H2,1H3. The zero-order valence-electron chi connectivity index (χ0n) is 14.1. The summed E-state index contributed by atoms with van der Waals surface area (Å²) in [7, 11) is 1.68. The molecule has 0 spiro atoms. The third-order valence-corrected chi connectivity index (χ3v) is 4.67. The summed E-state index contributed by atoms with van der Waals surface area (Å²) < 4.78 is 5.18. The summed E-state index contributed by atoms with van der Waals surface area (Å²) in [4.78, 5) is 25.8. The quantitative estimate of drug-likeness (QED) is 0.767. The van der Waals surface area contributed by atoms with Gasteiger partial charge in [0.1, 0.15) is 0 Å². The molecule has 130 valence electrons. The van der Waals surface area contributed by atoms with Gasteiger partial charge in [0.25, 0.3) is 5.91 Å². The van der Waals surface area contributed by atoms with E-state index in [9.17, 15) is 9.59 Å². The minimum absolute atomic E-state index is 0.246. The highest BCUT2D eigenvalue weighted by Crippen LogP contribution is 2.23. The van der Waals surface area contributed by atoms with Crippen molar-refractivity contribution in [1.29, 1.82) is 0 Å². The Morgan fingerprint density at radius 3 is 2.56 bits per heavy atom. The van der Waals surface area contributed by atoms with Crippen LogP contribution in [0.3, 0.4) is 0 Å². The summed E-state index contributed by atoms with van der Waals surface area (Å²) in [5, 5.41) is 0.654. The fourth-order valence-electron chi connectivity index (χ4n) is 2.97. The highest BCUT2D eigenvalue weighted by atomic mass is 35.5. The second-order valence-electron chi connectivity index (χ2n) is 6.29. The molecule has 0 saturated carbocycles. The lowest BCUT2D eigenvalue weighted by atomic mass is 10.1. The van der Waals surface area contributed by atoms with Crippen molar-refractivity contribution in [3.05, 3.63) is 69.7 Å². The van der Waals surface area contributed by atoms with E-state index in [1.165, 1.54) is 16.0 Å². The van der Waals surface area contributed by atoms with Crippen LogP contribution < -0.4 is 0 Å². The molecule has 0 atom stereocenters. The SMILES string of the molecule is CN(Cc1ccc(Cl)cc1)C(=O)COC(=O)c1ccc2c(c1)CCC2. The van der Waals surface area contributed by atoms with Crippen LogP contribution in [0.1, 0.15) is 33.5 Å². The molecule has 2 aromatic rings. The zero-order chi connectivity index (χ0) is 17.8. The second-order valence-corrected chi connectivity index (χ2v) is 6.73. The van der Waals surface area contributed by atoms with Gasteiger partial charge in [-0.1, -0.05) is 29.8 Å². The minimum Gasteiger partial charge on any atom is -0.452 e. The summed E-state index contributed by atoms with van der Waals surface area (Å²) in [6, 6.07) is 12.9. The molecule has 0 radical (unpaired) electrons. The van der Waals surface area contributed by atoms with Crippen molar-refractivity contribution in [2.75, 3.05) is 13.7 Å². The molecule has 1 aliphatic carbocycles. The van der Waals surface area contributed by atoms with Crippen LogP contribution in [0.4, 0.5) is 0 Å². The number of halogens is 1. The molecular weight excluding hydrogens is 338 g/mol. The molecule has 0 heterocycles. The average molecular weight is 358 g/mol.